The second-order valence-electron chi connectivity index (χ2n) is 4.78. The number of amides is 2. The van der Waals surface area contributed by atoms with Gasteiger partial charge in [0.15, 0.2) is 11.9 Å². The molecule has 1 saturated heterocycles. The summed E-state index contributed by atoms with van der Waals surface area (Å²) in [5, 5.41) is 17.7. The van der Waals surface area contributed by atoms with Crippen LogP contribution in [0.5, 0.6) is 0 Å². The van der Waals surface area contributed by atoms with Crippen molar-refractivity contribution in [3.63, 3.8) is 0 Å². The molecule has 0 aromatic carbocycles. The van der Waals surface area contributed by atoms with Crippen LogP contribution in [0.1, 0.15) is 24.6 Å². The van der Waals surface area contributed by atoms with Gasteiger partial charge in [-0.05, 0) is 19.8 Å². The molecule has 0 bridgehead atoms. The summed E-state index contributed by atoms with van der Waals surface area (Å²) < 4.78 is 10.2. The lowest BCUT2D eigenvalue weighted by Gasteiger charge is -2.12. The lowest BCUT2D eigenvalue weighted by atomic mass is 10.2. The third-order valence-corrected chi connectivity index (χ3v) is 3.07. The number of ether oxygens (including phenoxy) is 1. The molecule has 1 aliphatic heterocycles. The SMILES string of the molecule is Cc1noc(CCNC(=O)NCC2CCC(C(=O)O)O2)n1. The quantitative estimate of drug-likeness (QED) is 0.666. The van der Waals surface area contributed by atoms with E-state index >= 15 is 0 Å². The molecule has 2 unspecified atom stereocenters. The number of nitrogens with one attached hydrogen (secondary N) is 2. The van der Waals surface area contributed by atoms with Crippen LogP contribution in [0, 0.1) is 6.92 Å². The van der Waals surface area contributed by atoms with Crippen LogP contribution in [0.2, 0.25) is 0 Å². The van der Waals surface area contributed by atoms with Crippen LogP contribution in [0.4, 0.5) is 4.79 Å². The number of carbonyl (C=O) groups is 2. The highest BCUT2D eigenvalue weighted by atomic mass is 16.5. The van der Waals surface area contributed by atoms with Crippen molar-refractivity contribution in [1.29, 1.82) is 0 Å². The normalized spacial score (nSPS) is 21.2. The summed E-state index contributed by atoms with van der Waals surface area (Å²) in [6.45, 7) is 2.38. The van der Waals surface area contributed by atoms with Crippen molar-refractivity contribution in [2.75, 3.05) is 13.1 Å². The fourth-order valence-electron chi connectivity index (χ4n) is 2.03. The Kier molecular flexibility index (Phi) is 5.09. The third kappa shape index (κ3) is 4.71. The average molecular weight is 298 g/mol. The van der Waals surface area contributed by atoms with E-state index in [9.17, 15) is 9.59 Å². The van der Waals surface area contributed by atoms with Crippen LogP contribution >= 0.6 is 0 Å². The van der Waals surface area contributed by atoms with E-state index in [-0.39, 0.29) is 18.7 Å². The van der Waals surface area contributed by atoms with Gasteiger partial charge in [0.2, 0.25) is 5.89 Å². The van der Waals surface area contributed by atoms with Crippen LogP contribution in [0.15, 0.2) is 4.52 Å². The number of hydrogen-bond donors (Lipinski definition) is 3. The number of aliphatic carboxylic acids is 1. The van der Waals surface area contributed by atoms with Gasteiger partial charge >= 0.3 is 12.0 Å². The Morgan fingerprint density at radius 1 is 1.38 bits per heavy atom. The van der Waals surface area contributed by atoms with Crippen LogP contribution in [-0.2, 0) is 16.0 Å². The first-order chi connectivity index (χ1) is 10.0. The topological polar surface area (TPSA) is 127 Å². The molecule has 0 spiro atoms. The first kappa shape index (κ1) is 15.2. The maximum absolute atomic E-state index is 11.5. The first-order valence-electron chi connectivity index (χ1n) is 6.73. The monoisotopic (exact) mass is 298 g/mol. The van der Waals surface area contributed by atoms with Crippen molar-refractivity contribution in [1.82, 2.24) is 20.8 Å². The molecule has 21 heavy (non-hydrogen) atoms. The second kappa shape index (κ2) is 7.02. The summed E-state index contributed by atoms with van der Waals surface area (Å²) in [5.41, 5.74) is 0. The Hall–Kier alpha value is -2.16. The van der Waals surface area contributed by atoms with Gasteiger partial charge in [0.1, 0.15) is 0 Å². The maximum atomic E-state index is 11.5. The summed E-state index contributed by atoms with van der Waals surface area (Å²) in [6, 6.07) is -0.339. The molecule has 2 heterocycles. The summed E-state index contributed by atoms with van der Waals surface area (Å²) in [6.07, 6.45) is 0.532. The van der Waals surface area contributed by atoms with Crippen LogP contribution in [0.25, 0.3) is 0 Å². The van der Waals surface area contributed by atoms with Gasteiger partial charge in [0.05, 0.1) is 6.10 Å². The number of carboxylic acid groups (broad SMARTS) is 1. The summed E-state index contributed by atoms with van der Waals surface area (Å²) in [4.78, 5) is 26.3. The maximum Gasteiger partial charge on any atom is 0.332 e. The van der Waals surface area contributed by atoms with Crippen molar-refractivity contribution < 1.29 is 24.0 Å². The number of carbonyl (C=O) groups excluding carboxylic acids is 1. The Balaban J connectivity index is 1.59. The molecule has 0 saturated carbocycles. The molecule has 0 radical (unpaired) electrons. The minimum atomic E-state index is -0.961. The molecule has 116 valence electrons. The van der Waals surface area contributed by atoms with Crippen molar-refractivity contribution in [3.8, 4) is 0 Å². The number of urea groups is 1. The van der Waals surface area contributed by atoms with Gasteiger partial charge in [-0.2, -0.15) is 4.98 Å². The fraction of sp³-hybridized carbons (Fsp3) is 0.667. The van der Waals surface area contributed by atoms with Gasteiger partial charge in [-0.1, -0.05) is 5.16 Å². The Bertz CT molecular complexity index is 504. The van der Waals surface area contributed by atoms with E-state index in [2.05, 4.69) is 20.8 Å². The highest BCUT2D eigenvalue weighted by molar-refractivity contribution is 5.74. The molecule has 1 fully saturated rings. The van der Waals surface area contributed by atoms with E-state index < -0.39 is 12.1 Å². The van der Waals surface area contributed by atoms with Crippen molar-refractivity contribution >= 4 is 12.0 Å². The molecule has 0 aliphatic carbocycles. The molecule has 2 amide bonds. The molecule has 9 heteroatoms. The molecule has 1 aliphatic rings. The number of aromatic nitrogens is 2. The molecule has 3 N–H and O–H groups in total. The summed E-state index contributed by atoms with van der Waals surface area (Å²) in [5.74, 6) is 0.0637. The lowest BCUT2D eigenvalue weighted by Crippen LogP contribution is -2.40. The molecule has 9 nitrogen and oxygen atoms in total. The lowest BCUT2D eigenvalue weighted by molar-refractivity contribution is -0.149. The Morgan fingerprint density at radius 2 is 2.19 bits per heavy atom. The standard InChI is InChI=1S/C12H18N4O5/c1-7-15-10(21-16-7)4-5-13-12(19)14-6-8-2-3-9(20-8)11(17)18/h8-9H,2-6H2,1H3,(H,17,18)(H2,13,14,19). The van der Waals surface area contributed by atoms with E-state index in [4.69, 9.17) is 14.4 Å². The first-order valence-corrected chi connectivity index (χ1v) is 6.73. The van der Waals surface area contributed by atoms with Gasteiger partial charge in [-0.25, -0.2) is 9.59 Å². The Morgan fingerprint density at radius 3 is 2.81 bits per heavy atom. The van der Waals surface area contributed by atoms with Crippen LogP contribution < -0.4 is 10.6 Å². The van der Waals surface area contributed by atoms with E-state index in [1.54, 1.807) is 6.92 Å². The van der Waals surface area contributed by atoms with E-state index in [0.717, 1.165) is 0 Å². The largest absolute Gasteiger partial charge is 0.479 e. The second-order valence-corrected chi connectivity index (χ2v) is 4.78. The van der Waals surface area contributed by atoms with Gasteiger partial charge < -0.3 is 25.0 Å². The smallest absolute Gasteiger partial charge is 0.332 e. The Labute approximate surface area is 121 Å². The third-order valence-electron chi connectivity index (χ3n) is 3.07. The molecular weight excluding hydrogens is 280 g/mol. The molecule has 1 aromatic heterocycles. The zero-order valence-electron chi connectivity index (χ0n) is 11.7. The summed E-state index contributed by atoms with van der Waals surface area (Å²) in [7, 11) is 0. The highest BCUT2D eigenvalue weighted by Gasteiger charge is 2.30. The van der Waals surface area contributed by atoms with Crippen LogP contribution in [0.3, 0.4) is 0 Å². The minimum absolute atomic E-state index is 0.254. The number of hydrogen-bond acceptors (Lipinski definition) is 6. The molecule has 2 atom stereocenters. The van der Waals surface area contributed by atoms with Gasteiger partial charge in [-0.3, -0.25) is 0 Å². The number of nitrogens with zero attached hydrogens (tertiary/aromatic N) is 2. The van der Waals surface area contributed by atoms with Crippen molar-refractivity contribution in [3.05, 3.63) is 11.7 Å². The highest BCUT2D eigenvalue weighted by Crippen LogP contribution is 2.19. The van der Waals surface area contributed by atoms with Crippen molar-refractivity contribution in [2.24, 2.45) is 0 Å². The molecular formula is C12H18N4O5. The van der Waals surface area contributed by atoms with Gasteiger partial charge in [0, 0.05) is 19.5 Å². The fourth-order valence-corrected chi connectivity index (χ4v) is 2.03. The van der Waals surface area contributed by atoms with E-state index in [1.807, 2.05) is 0 Å². The van der Waals surface area contributed by atoms with Gasteiger partial charge in [0.25, 0.3) is 0 Å². The number of rotatable bonds is 6. The van der Waals surface area contributed by atoms with Crippen molar-refractivity contribution in [2.45, 2.75) is 38.4 Å². The van der Waals surface area contributed by atoms with Gasteiger partial charge in [-0.15, -0.1) is 0 Å². The number of aryl methyl sites for hydroxylation is 1. The zero-order chi connectivity index (χ0) is 15.2. The molecule has 2 rings (SSSR count). The molecule has 1 aromatic rings. The van der Waals surface area contributed by atoms with Crippen LogP contribution in [-0.4, -0.2) is 52.5 Å². The number of carboxylic acids is 1. The van der Waals surface area contributed by atoms with E-state index in [0.29, 0.717) is 37.5 Å². The minimum Gasteiger partial charge on any atom is -0.479 e. The summed E-state index contributed by atoms with van der Waals surface area (Å²) >= 11 is 0. The predicted molar refractivity (Wildman–Crippen MR) is 69.7 cm³/mol. The predicted octanol–water partition coefficient (Wildman–Crippen LogP) is -0.148. The average Bonchev–Trinajstić information content (AvgIpc) is 3.05. The zero-order valence-corrected chi connectivity index (χ0v) is 11.7. The van der Waals surface area contributed by atoms with E-state index in [1.165, 1.54) is 0 Å².